The first kappa shape index (κ1) is 16.0. The Hall–Kier alpha value is -1.09. The molecule has 0 aliphatic rings. The minimum absolute atomic E-state index is 0.173. The fourth-order valence-corrected chi connectivity index (χ4v) is 2.38. The molecule has 0 amide bonds. The van der Waals surface area contributed by atoms with Crippen molar-refractivity contribution in [1.82, 2.24) is 0 Å². The van der Waals surface area contributed by atoms with Crippen molar-refractivity contribution in [3.8, 4) is 5.75 Å². The summed E-state index contributed by atoms with van der Waals surface area (Å²) in [6.07, 6.45) is 3.42. The lowest BCUT2D eigenvalue weighted by atomic mass is 9.88. The second-order valence-corrected chi connectivity index (χ2v) is 5.09. The fourth-order valence-electron chi connectivity index (χ4n) is 2.38. The Morgan fingerprint density at radius 3 is 2.53 bits per heavy atom. The lowest BCUT2D eigenvalue weighted by molar-refractivity contribution is 0.0983. The second kappa shape index (κ2) is 7.49. The molecule has 0 spiro atoms. The van der Waals surface area contributed by atoms with E-state index in [2.05, 4.69) is 13.8 Å². The second-order valence-electron chi connectivity index (χ2n) is 5.09. The van der Waals surface area contributed by atoms with Gasteiger partial charge in [-0.3, -0.25) is 0 Å². The van der Waals surface area contributed by atoms with Gasteiger partial charge in [-0.1, -0.05) is 33.1 Å². The van der Waals surface area contributed by atoms with Gasteiger partial charge in [0, 0.05) is 5.56 Å². The number of halogens is 1. The smallest absolute Gasteiger partial charge is 0.130 e. The third-order valence-electron chi connectivity index (χ3n) is 3.78. The Morgan fingerprint density at radius 2 is 2.00 bits per heavy atom. The number of aliphatic hydroxyl groups is 1. The summed E-state index contributed by atoms with van der Waals surface area (Å²) in [5.74, 6) is 0.352. The van der Waals surface area contributed by atoms with Crippen LogP contribution in [0, 0.1) is 18.7 Å². The number of hydrogen-bond acceptors (Lipinski definition) is 2. The van der Waals surface area contributed by atoms with Gasteiger partial charge in [0.2, 0.25) is 0 Å². The molecule has 0 radical (unpaired) electrons. The van der Waals surface area contributed by atoms with Gasteiger partial charge < -0.3 is 9.84 Å². The number of unbranched alkanes of at least 4 members (excludes halogenated alkanes) is 1. The summed E-state index contributed by atoms with van der Waals surface area (Å²) >= 11 is 0. The molecule has 1 rings (SSSR count). The van der Waals surface area contributed by atoms with Crippen molar-refractivity contribution >= 4 is 0 Å². The molecule has 0 saturated heterocycles. The van der Waals surface area contributed by atoms with Crippen LogP contribution in [0.2, 0.25) is 0 Å². The zero-order valence-electron chi connectivity index (χ0n) is 12.4. The van der Waals surface area contributed by atoms with E-state index < -0.39 is 6.10 Å². The van der Waals surface area contributed by atoms with Gasteiger partial charge >= 0.3 is 0 Å². The van der Waals surface area contributed by atoms with Crippen molar-refractivity contribution in [2.24, 2.45) is 5.92 Å². The molecule has 19 heavy (non-hydrogen) atoms. The largest absolute Gasteiger partial charge is 0.496 e. The molecule has 2 unspecified atom stereocenters. The summed E-state index contributed by atoms with van der Waals surface area (Å²) in [5.41, 5.74) is 1.10. The molecule has 0 aliphatic carbocycles. The number of ether oxygens (including phenoxy) is 1. The summed E-state index contributed by atoms with van der Waals surface area (Å²) in [4.78, 5) is 0. The Kier molecular flexibility index (Phi) is 6.29. The summed E-state index contributed by atoms with van der Waals surface area (Å²) in [7, 11) is 1.52. The molecule has 3 heteroatoms. The number of aliphatic hydroxyl groups excluding tert-OH is 1. The highest BCUT2D eigenvalue weighted by Crippen LogP contribution is 2.33. The first-order valence-corrected chi connectivity index (χ1v) is 7.07. The van der Waals surface area contributed by atoms with Gasteiger partial charge in [0.25, 0.3) is 0 Å². The molecule has 0 aliphatic heterocycles. The monoisotopic (exact) mass is 268 g/mol. The van der Waals surface area contributed by atoms with E-state index >= 15 is 0 Å². The van der Waals surface area contributed by atoms with Crippen molar-refractivity contribution in [2.45, 2.75) is 52.6 Å². The maximum atomic E-state index is 13.8. The number of benzene rings is 1. The van der Waals surface area contributed by atoms with Crippen molar-refractivity contribution < 1.29 is 14.2 Å². The molecular formula is C16H25FO2. The molecule has 1 aromatic rings. The maximum absolute atomic E-state index is 13.8. The molecular weight excluding hydrogens is 243 g/mol. The molecule has 108 valence electrons. The van der Waals surface area contributed by atoms with E-state index in [0.29, 0.717) is 16.9 Å². The molecule has 1 aromatic carbocycles. The average Bonchev–Trinajstić information content (AvgIpc) is 2.42. The van der Waals surface area contributed by atoms with Crippen LogP contribution in [0.5, 0.6) is 5.75 Å². The Morgan fingerprint density at radius 1 is 1.32 bits per heavy atom. The maximum Gasteiger partial charge on any atom is 0.130 e. The zero-order valence-corrected chi connectivity index (χ0v) is 12.4. The van der Waals surface area contributed by atoms with Gasteiger partial charge in [0.05, 0.1) is 13.2 Å². The highest BCUT2D eigenvalue weighted by atomic mass is 19.1. The van der Waals surface area contributed by atoms with Crippen molar-refractivity contribution in [1.29, 1.82) is 0 Å². The van der Waals surface area contributed by atoms with E-state index in [1.54, 1.807) is 13.0 Å². The van der Waals surface area contributed by atoms with Crippen molar-refractivity contribution in [2.75, 3.05) is 7.11 Å². The highest BCUT2D eigenvalue weighted by molar-refractivity contribution is 5.38. The summed E-state index contributed by atoms with van der Waals surface area (Å²) in [5, 5.41) is 10.4. The molecule has 0 fully saturated rings. The first-order valence-electron chi connectivity index (χ1n) is 7.07. The molecule has 0 heterocycles. The van der Waals surface area contributed by atoms with Crippen LogP contribution in [0.15, 0.2) is 12.1 Å². The molecule has 2 atom stereocenters. The van der Waals surface area contributed by atoms with Crippen molar-refractivity contribution in [3.63, 3.8) is 0 Å². The van der Waals surface area contributed by atoms with E-state index in [4.69, 9.17) is 4.74 Å². The third kappa shape index (κ3) is 3.93. The quantitative estimate of drug-likeness (QED) is 0.794. The van der Waals surface area contributed by atoms with Crippen molar-refractivity contribution in [3.05, 3.63) is 29.1 Å². The van der Waals surface area contributed by atoms with Crippen LogP contribution in [-0.4, -0.2) is 12.2 Å². The minimum Gasteiger partial charge on any atom is -0.496 e. The molecule has 0 aromatic heterocycles. The minimum atomic E-state index is -0.624. The summed E-state index contributed by atoms with van der Waals surface area (Å²) < 4.78 is 19.0. The van der Waals surface area contributed by atoms with Gasteiger partial charge in [-0.05, 0) is 37.0 Å². The van der Waals surface area contributed by atoms with Gasteiger partial charge in [0.15, 0.2) is 0 Å². The van der Waals surface area contributed by atoms with Crippen LogP contribution >= 0.6 is 0 Å². The molecule has 0 saturated carbocycles. The number of hydrogen-bond donors (Lipinski definition) is 1. The van der Waals surface area contributed by atoms with E-state index in [0.717, 1.165) is 25.7 Å². The molecule has 0 bridgehead atoms. The SMILES string of the molecule is CCCCC(CC)C(O)c1cc(F)c(C)c(OC)c1. The predicted octanol–water partition coefficient (Wildman–Crippen LogP) is 4.39. The van der Waals surface area contributed by atoms with Crippen LogP contribution < -0.4 is 4.74 Å². The Balaban J connectivity index is 2.97. The van der Waals surface area contributed by atoms with E-state index in [1.165, 1.54) is 13.2 Å². The molecule has 2 nitrogen and oxygen atoms in total. The first-order chi connectivity index (χ1) is 9.04. The third-order valence-corrected chi connectivity index (χ3v) is 3.78. The Labute approximate surface area is 115 Å². The van der Waals surface area contributed by atoms with Gasteiger partial charge in [-0.25, -0.2) is 4.39 Å². The average molecular weight is 268 g/mol. The normalized spacial score (nSPS) is 14.2. The Bertz CT molecular complexity index is 404. The molecule has 1 N–H and O–H groups in total. The van der Waals surface area contributed by atoms with E-state index in [9.17, 15) is 9.50 Å². The highest BCUT2D eigenvalue weighted by Gasteiger charge is 2.21. The van der Waals surface area contributed by atoms with Crippen LogP contribution in [0.3, 0.4) is 0 Å². The van der Waals surface area contributed by atoms with Crippen LogP contribution in [0.25, 0.3) is 0 Å². The summed E-state index contributed by atoms with van der Waals surface area (Å²) in [6, 6.07) is 3.18. The lowest BCUT2D eigenvalue weighted by Gasteiger charge is -2.22. The van der Waals surface area contributed by atoms with Gasteiger partial charge in [0.1, 0.15) is 11.6 Å². The van der Waals surface area contributed by atoms with Crippen LogP contribution in [0.1, 0.15) is 56.8 Å². The summed E-state index contributed by atoms with van der Waals surface area (Å²) in [6.45, 7) is 5.87. The van der Waals surface area contributed by atoms with Crippen LogP contribution in [0.4, 0.5) is 4.39 Å². The zero-order chi connectivity index (χ0) is 14.4. The van der Waals surface area contributed by atoms with Gasteiger partial charge in [-0.2, -0.15) is 0 Å². The topological polar surface area (TPSA) is 29.5 Å². The standard InChI is InChI=1S/C16H25FO2/c1-5-7-8-12(6-2)16(18)13-9-14(17)11(3)15(10-13)19-4/h9-10,12,16,18H,5-8H2,1-4H3. The fraction of sp³-hybridized carbons (Fsp3) is 0.625. The van der Waals surface area contributed by atoms with E-state index in [-0.39, 0.29) is 11.7 Å². The van der Waals surface area contributed by atoms with Crippen LogP contribution in [-0.2, 0) is 0 Å². The lowest BCUT2D eigenvalue weighted by Crippen LogP contribution is -2.12. The van der Waals surface area contributed by atoms with Gasteiger partial charge in [-0.15, -0.1) is 0 Å². The predicted molar refractivity (Wildman–Crippen MR) is 76.0 cm³/mol. The van der Waals surface area contributed by atoms with E-state index in [1.807, 2.05) is 0 Å². The number of rotatable bonds is 7. The number of methoxy groups -OCH3 is 1.